The van der Waals surface area contributed by atoms with Crippen LogP contribution in [0.25, 0.3) is 10.9 Å². The normalized spacial score (nSPS) is 22.2. The molecule has 2 heterocycles. The topological polar surface area (TPSA) is 44.1 Å². The first-order chi connectivity index (χ1) is 10.6. The molecule has 1 aliphatic carbocycles. The van der Waals surface area contributed by atoms with E-state index in [1.807, 2.05) is 0 Å². The molecule has 116 valence electrons. The maximum Gasteiger partial charge on any atom is 0.261 e. The predicted octanol–water partition coefficient (Wildman–Crippen LogP) is 3.53. The minimum absolute atomic E-state index is 0.131. The fourth-order valence-electron chi connectivity index (χ4n) is 3.16. The van der Waals surface area contributed by atoms with Crippen LogP contribution in [0.4, 0.5) is 4.39 Å². The van der Waals surface area contributed by atoms with E-state index in [-0.39, 0.29) is 17.5 Å². The highest BCUT2D eigenvalue weighted by Gasteiger charge is 2.32. The Labute approximate surface area is 135 Å². The van der Waals surface area contributed by atoms with Gasteiger partial charge in [0.05, 0.1) is 17.5 Å². The van der Waals surface area contributed by atoms with E-state index in [0.29, 0.717) is 22.0 Å². The van der Waals surface area contributed by atoms with E-state index in [0.717, 1.165) is 38.1 Å². The molecule has 2 fully saturated rings. The third-order valence-corrected chi connectivity index (χ3v) is 4.99. The number of aromatic nitrogens is 2. The minimum atomic E-state index is -0.422. The smallest absolute Gasteiger partial charge is 0.261 e. The van der Waals surface area contributed by atoms with Crippen LogP contribution >= 0.6 is 15.9 Å². The Bertz CT molecular complexity index is 795. The highest BCUT2D eigenvalue weighted by molar-refractivity contribution is 9.10. The van der Waals surface area contributed by atoms with Gasteiger partial charge in [0.15, 0.2) is 0 Å². The van der Waals surface area contributed by atoms with Gasteiger partial charge in [0.2, 0.25) is 0 Å². The molecule has 2 aliphatic rings. The molecule has 4 nitrogen and oxygen atoms in total. The maximum atomic E-state index is 13.7. The van der Waals surface area contributed by atoms with Crippen LogP contribution in [0.5, 0.6) is 0 Å². The molecular formula is C16H16BrFN2O2. The molecule has 1 aromatic heterocycles. The predicted molar refractivity (Wildman–Crippen MR) is 84.7 cm³/mol. The van der Waals surface area contributed by atoms with E-state index in [4.69, 9.17) is 9.72 Å². The van der Waals surface area contributed by atoms with Gasteiger partial charge in [-0.25, -0.2) is 9.37 Å². The largest absolute Gasteiger partial charge is 0.381 e. The van der Waals surface area contributed by atoms with E-state index in [2.05, 4.69) is 15.9 Å². The van der Waals surface area contributed by atoms with Gasteiger partial charge in [-0.2, -0.15) is 0 Å². The van der Waals surface area contributed by atoms with Crippen molar-refractivity contribution >= 4 is 26.8 Å². The average molecular weight is 367 g/mol. The van der Waals surface area contributed by atoms with Crippen molar-refractivity contribution in [3.63, 3.8) is 0 Å². The van der Waals surface area contributed by atoms with Gasteiger partial charge >= 0.3 is 0 Å². The lowest BCUT2D eigenvalue weighted by Gasteiger charge is -2.25. The highest BCUT2D eigenvalue weighted by Crippen LogP contribution is 2.38. The first kappa shape index (κ1) is 14.3. The van der Waals surface area contributed by atoms with Crippen molar-refractivity contribution in [1.29, 1.82) is 0 Å². The molecular weight excluding hydrogens is 351 g/mol. The zero-order chi connectivity index (χ0) is 15.3. The summed E-state index contributed by atoms with van der Waals surface area (Å²) in [6, 6.07) is 2.86. The minimum Gasteiger partial charge on any atom is -0.381 e. The van der Waals surface area contributed by atoms with Crippen molar-refractivity contribution in [2.75, 3.05) is 13.2 Å². The molecule has 1 aliphatic heterocycles. The van der Waals surface area contributed by atoms with Gasteiger partial charge in [-0.15, -0.1) is 0 Å². The second kappa shape index (κ2) is 5.42. The van der Waals surface area contributed by atoms with Crippen molar-refractivity contribution < 1.29 is 9.13 Å². The summed E-state index contributed by atoms with van der Waals surface area (Å²) in [6.45, 7) is 1.37. The van der Waals surface area contributed by atoms with Gasteiger partial charge in [-0.3, -0.25) is 9.36 Å². The molecule has 1 atom stereocenters. The number of hydrogen-bond donors (Lipinski definition) is 0. The molecule has 1 saturated heterocycles. The SMILES string of the molecule is O=c1c2cc(F)cc(Br)c2nc(C2CCCOC2)n1C1CC1. The van der Waals surface area contributed by atoms with Crippen molar-refractivity contribution in [3.8, 4) is 0 Å². The number of halogens is 2. The monoisotopic (exact) mass is 366 g/mol. The Morgan fingerprint density at radius 2 is 2.14 bits per heavy atom. The summed E-state index contributed by atoms with van der Waals surface area (Å²) in [4.78, 5) is 17.6. The Kier molecular flexibility index (Phi) is 3.53. The van der Waals surface area contributed by atoms with Crippen molar-refractivity contribution in [2.45, 2.75) is 37.6 Å². The van der Waals surface area contributed by atoms with E-state index in [1.165, 1.54) is 12.1 Å². The van der Waals surface area contributed by atoms with Crippen LogP contribution in [0.1, 0.15) is 43.5 Å². The number of rotatable bonds is 2. The van der Waals surface area contributed by atoms with Gasteiger partial charge < -0.3 is 4.74 Å². The number of nitrogens with zero attached hydrogens (tertiary/aromatic N) is 2. The Morgan fingerprint density at radius 1 is 1.32 bits per heavy atom. The fraction of sp³-hybridized carbons (Fsp3) is 0.500. The van der Waals surface area contributed by atoms with Gasteiger partial charge in [0.25, 0.3) is 5.56 Å². The second-order valence-corrected chi connectivity index (χ2v) is 6.93. The zero-order valence-electron chi connectivity index (χ0n) is 12.0. The van der Waals surface area contributed by atoms with Gasteiger partial charge in [0.1, 0.15) is 11.6 Å². The Hall–Kier alpha value is -1.27. The maximum absolute atomic E-state index is 13.7. The van der Waals surface area contributed by atoms with Crippen molar-refractivity contribution in [2.24, 2.45) is 0 Å². The molecule has 0 bridgehead atoms. The number of fused-ring (bicyclic) bond motifs is 1. The summed E-state index contributed by atoms with van der Waals surface area (Å²) in [6.07, 6.45) is 3.94. The first-order valence-corrected chi connectivity index (χ1v) is 8.43. The van der Waals surface area contributed by atoms with Crippen LogP contribution in [-0.2, 0) is 4.74 Å². The van der Waals surface area contributed by atoms with Crippen LogP contribution in [-0.4, -0.2) is 22.8 Å². The number of hydrogen-bond acceptors (Lipinski definition) is 3. The third kappa shape index (κ3) is 2.38. The Balaban J connectivity index is 1.98. The fourth-order valence-corrected chi connectivity index (χ4v) is 3.68. The third-order valence-electron chi connectivity index (χ3n) is 4.39. The molecule has 0 spiro atoms. The van der Waals surface area contributed by atoms with Gasteiger partial charge in [-0.1, -0.05) is 0 Å². The summed E-state index contributed by atoms with van der Waals surface area (Å²) in [5.74, 6) is 0.518. The molecule has 4 rings (SSSR count). The summed E-state index contributed by atoms with van der Waals surface area (Å²) >= 11 is 3.34. The Morgan fingerprint density at radius 3 is 2.82 bits per heavy atom. The number of benzene rings is 1. The van der Waals surface area contributed by atoms with Crippen LogP contribution in [0, 0.1) is 5.82 Å². The summed E-state index contributed by atoms with van der Waals surface area (Å²) in [5, 5.41) is 0.347. The molecule has 1 aromatic carbocycles. The van der Waals surface area contributed by atoms with Gasteiger partial charge in [-0.05, 0) is 53.7 Å². The average Bonchev–Trinajstić information content (AvgIpc) is 3.33. The van der Waals surface area contributed by atoms with E-state index in [1.54, 1.807) is 4.57 Å². The van der Waals surface area contributed by atoms with E-state index < -0.39 is 5.82 Å². The van der Waals surface area contributed by atoms with E-state index >= 15 is 0 Å². The molecule has 1 unspecified atom stereocenters. The lowest BCUT2D eigenvalue weighted by atomic mass is 10.0. The van der Waals surface area contributed by atoms with Crippen LogP contribution in [0.2, 0.25) is 0 Å². The van der Waals surface area contributed by atoms with E-state index in [9.17, 15) is 9.18 Å². The van der Waals surface area contributed by atoms with Crippen molar-refractivity contribution in [1.82, 2.24) is 9.55 Å². The second-order valence-electron chi connectivity index (χ2n) is 6.07. The molecule has 1 saturated carbocycles. The molecule has 22 heavy (non-hydrogen) atoms. The number of ether oxygens (including phenoxy) is 1. The highest BCUT2D eigenvalue weighted by atomic mass is 79.9. The molecule has 2 aromatic rings. The molecule has 0 amide bonds. The van der Waals surface area contributed by atoms with Crippen LogP contribution in [0.3, 0.4) is 0 Å². The summed E-state index contributed by atoms with van der Waals surface area (Å²) in [7, 11) is 0. The lowest BCUT2D eigenvalue weighted by molar-refractivity contribution is 0.0766. The van der Waals surface area contributed by atoms with Crippen LogP contribution < -0.4 is 5.56 Å². The van der Waals surface area contributed by atoms with Crippen molar-refractivity contribution in [3.05, 3.63) is 38.6 Å². The molecule has 0 radical (unpaired) electrons. The van der Waals surface area contributed by atoms with Crippen LogP contribution in [0.15, 0.2) is 21.4 Å². The summed E-state index contributed by atoms with van der Waals surface area (Å²) < 4.78 is 21.5. The zero-order valence-corrected chi connectivity index (χ0v) is 13.6. The quantitative estimate of drug-likeness (QED) is 0.816. The molecule has 6 heteroatoms. The molecule has 0 N–H and O–H groups in total. The first-order valence-electron chi connectivity index (χ1n) is 7.64. The lowest BCUT2D eigenvalue weighted by Crippen LogP contribution is -2.29. The standard InChI is InChI=1S/C16H16BrFN2O2/c17-13-7-10(18)6-12-14(13)19-15(9-2-1-5-22-8-9)20(16(12)21)11-3-4-11/h6-7,9,11H,1-5,8H2. The van der Waals surface area contributed by atoms with Gasteiger partial charge in [0, 0.05) is 23.0 Å². The summed E-state index contributed by atoms with van der Waals surface area (Å²) in [5.41, 5.74) is 0.414.